The van der Waals surface area contributed by atoms with Crippen LogP contribution < -0.4 is 10.6 Å². The molecule has 0 radical (unpaired) electrons. The first-order valence-corrected chi connectivity index (χ1v) is 11.9. The van der Waals surface area contributed by atoms with Crippen LogP contribution in [-0.4, -0.2) is 81.0 Å². The SMILES string of the molecule is C=Cc1ccc(S(=O)(=O)N2CCN(CC3(NC(=O)OCC)CCNCC3)C(=O)C2)cc1. The molecule has 10 heteroatoms. The Kier molecular flexibility index (Phi) is 7.34. The van der Waals surface area contributed by atoms with Gasteiger partial charge in [-0.25, -0.2) is 13.2 Å². The van der Waals surface area contributed by atoms with Gasteiger partial charge in [0.05, 0.1) is 23.6 Å². The van der Waals surface area contributed by atoms with E-state index >= 15 is 0 Å². The van der Waals surface area contributed by atoms with Crippen molar-refractivity contribution >= 4 is 28.1 Å². The molecule has 2 saturated heterocycles. The first-order chi connectivity index (χ1) is 14.8. The van der Waals surface area contributed by atoms with E-state index in [0.717, 1.165) is 18.7 Å². The van der Waals surface area contributed by atoms with Crippen LogP contribution in [0.1, 0.15) is 25.3 Å². The average molecular weight is 451 g/mol. The number of alkyl carbamates (subject to hydrolysis) is 1. The van der Waals surface area contributed by atoms with E-state index in [1.165, 1.54) is 16.4 Å². The van der Waals surface area contributed by atoms with Crippen molar-refractivity contribution in [2.75, 3.05) is 45.9 Å². The number of benzene rings is 1. The first-order valence-electron chi connectivity index (χ1n) is 10.5. The van der Waals surface area contributed by atoms with Gasteiger partial charge in [0.25, 0.3) is 0 Å². The third-order valence-corrected chi connectivity index (χ3v) is 7.59. The second-order valence-electron chi connectivity index (χ2n) is 7.80. The summed E-state index contributed by atoms with van der Waals surface area (Å²) in [4.78, 5) is 26.7. The third-order valence-electron chi connectivity index (χ3n) is 5.73. The molecule has 0 bridgehead atoms. The van der Waals surface area contributed by atoms with Crippen molar-refractivity contribution in [1.82, 2.24) is 19.8 Å². The van der Waals surface area contributed by atoms with E-state index in [-0.39, 0.29) is 37.0 Å². The molecule has 1 aromatic carbocycles. The highest BCUT2D eigenvalue weighted by Crippen LogP contribution is 2.24. The van der Waals surface area contributed by atoms with Crippen LogP contribution >= 0.6 is 0 Å². The van der Waals surface area contributed by atoms with E-state index in [1.807, 2.05) is 0 Å². The maximum Gasteiger partial charge on any atom is 0.407 e. The fourth-order valence-corrected chi connectivity index (χ4v) is 5.34. The molecule has 2 amide bonds. The number of carbonyl (C=O) groups excluding carboxylic acids is 2. The van der Waals surface area contributed by atoms with Gasteiger partial charge in [-0.2, -0.15) is 4.31 Å². The van der Waals surface area contributed by atoms with Crippen molar-refractivity contribution in [3.05, 3.63) is 36.4 Å². The van der Waals surface area contributed by atoms with Crippen LogP contribution in [0.15, 0.2) is 35.7 Å². The van der Waals surface area contributed by atoms with Crippen LogP contribution in [0.4, 0.5) is 4.79 Å². The van der Waals surface area contributed by atoms with Crippen molar-refractivity contribution < 1.29 is 22.7 Å². The van der Waals surface area contributed by atoms with E-state index in [2.05, 4.69) is 17.2 Å². The second-order valence-corrected chi connectivity index (χ2v) is 9.74. The minimum atomic E-state index is -3.77. The van der Waals surface area contributed by atoms with Crippen LogP contribution in [0, 0.1) is 0 Å². The number of piperazine rings is 1. The first kappa shape index (κ1) is 23.2. The molecule has 2 N–H and O–H groups in total. The molecule has 3 rings (SSSR count). The second kappa shape index (κ2) is 9.80. The normalized spacial score (nSPS) is 19.6. The molecule has 0 saturated carbocycles. The van der Waals surface area contributed by atoms with Crippen LogP contribution in [0.3, 0.4) is 0 Å². The van der Waals surface area contributed by atoms with Crippen LogP contribution in [0.5, 0.6) is 0 Å². The number of hydrogen-bond donors (Lipinski definition) is 2. The van der Waals surface area contributed by atoms with E-state index < -0.39 is 21.7 Å². The zero-order valence-electron chi connectivity index (χ0n) is 17.8. The molecule has 0 aromatic heterocycles. The summed E-state index contributed by atoms with van der Waals surface area (Å²) >= 11 is 0. The zero-order chi connectivity index (χ0) is 22.5. The minimum absolute atomic E-state index is 0.151. The molecule has 2 aliphatic heterocycles. The van der Waals surface area contributed by atoms with Crippen LogP contribution in [0.25, 0.3) is 6.08 Å². The Labute approximate surface area is 183 Å². The van der Waals surface area contributed by atoms with Crippen LogP contribution in [-0.2, 0) is 19.6 Å². The molecule has 31 heavy (non-hydrogen) atoms. The predicted molar refractivity (Wildman–Crippen MR) is 117 cm³/mol. The van der Waals surface area contributed by atoms with Crippen molar-refractivity contribution in [2.45, 2.75) is 30.2 Å². The fourth-order valence-electron chi connectivity index (χ4n) is 3.96. The van der Waals surface area contributed by atoms with Gasteiger partial charge in [0.15, 0.2) is 0 Å². The minimum Gasteiger partial charge on any atom is -0.450 e. The molecule has 2 aliphatic rings. The maximum absolute atomic E-state index is 13.0. The number of hydrogen-bond acceptors (Lipinski definition) is 6. The summed E-state index contributed by atoms with van der Waals surface area (Å²) in [5, 5.41) is 6.20. The monoisotopic (exact) mass is 450 g/mol. The van der Waals surface area contributed by atoms with Crippen molar-refractivity contribution in [3.8, 4) is 0 Å². The van der Waals surface area contributed by atoms with Gasteiger partial charge in [-0.3, -0.25) is 4.79 Å². The molecule has 9 nitrogen and oxygen atoms in total. The highest BCUT2D eigenvalue weighted by molar-refractivity contribution is 7.89. The summed E-state index contributed by atoms with van der Waals surface area (Å²) in [7, 11) is -3.77. The molecular formula is C21H30N4O5S. The Morgan fingerprint density at radius 3 is 2.52 bits per heavy atom. The standard InChI is InChI=1S/C21H30N4O5S/c1-3-17-5-7-18(8-6-17)31(28,29)25-14-13-24(19(26)15-25)16-21(9-11-22-12-10-21)23-20(27)30-4-2/h3,5-8,22H,1,4,9-16H2,2H3,(H,23,27). The molecule has 2 fully saturated rings. The fraction of sp³-hybridized carbons (Fsp3) is 0.524. The summed E-state index contributed by atoms with van der Waals surface area (Å²) < 4.78 is 32.2. The van der Waals surface area contributed by atoms with Gasteiger partial charge in [-0.05, 0) is 50.6 Å². The lowest BCUT2D eigenvalue weighted by Crippen LogP contribution is -2.63. The summed E-state index contributed by atoms with van der Waals surface area (Å²) in [5.74, 6) is -0.277. The molecular weight excluding hydrogens is 420 g/mol. The number of nitrogens with zero attached hydrogens (tertiary/aromatic N) is 2. The van der Waals surface area contributed by atoms with E-state index in [4.69, 9.17) is 4.74 Å². The van der Waals surface area contributed by atoms with Crippen LogP contribution in [0.2, 0.25) is 0 Å². The lowest BCUT2D eigenvalue weighted by atomic mass is 9.87. The van der Waals surface area contributed by atoms with Gasteiger partial charge in [0, 0.05) is 19.6 Å². The highest BCUT2D eigenvalue weighted by Gasteiger charge is 2.40. The smallest absolute Gasteiger partial charge is 0.407 e. The molecule has 0 spiro atoms. The molecule has 170 valence electrons. The number of rotatable bonds is 7. The van der Waals surface area contributed by atoms with E-state index in [1.54, 1.807) is 30.0 Å². The number of sulfonamides is 1. The highest BCUT2D eigenvalue weighted by atomic mass is 32.2. The molecule has 2 heterocycles. The largest absolute Gasteiger partial charge is 0.450 e. The Bertz CT molecular complexity index is 910. The molecule has 0 aliphatic carbocycles. The predicted octanol–water partition coefficient (Wildman–Crippen LogP) is 1.03. The Balaban J connectivity index is 1.68. The van der Waals surface area contributed by atoms with E-state index in [0.29, 0.717) is 19.4 Å². The summed E-state index contributed by atoms with van der Waals surface area (Å²) in [6.45, 7) is 7.68. The lowest BCUT2D eigenvalue weighted by molar-refractivity contribution is -0.135. The summed E-state index contributed by atoms with van der Waals surface area (Å²) in [6, 6.07) is 6.41. The number of nitrogens with one attached hydrogen (secondary N) is 2. The van der Waals surface area contributed by atoms with E-state index in [9.17, 15) is 18.0 Å². The molecule has 1 aromatic rings. The number of amides is 2. The average Bonchev–Trinajstić information content (AvgIpc) is 2.76. The van der Waals surface area contributed by atoms with Crippen molar-refractivity contribution in [2.24, 2.45) is 0 Å². The maximum atomic E-state index is 13.0. The topological polar surface area (TPSA) is 108 Å². The Morgan fingerprint density at radius 2 is 1.94 bits per heavy atom. The zero-order valence-corrected chi connectivity index (χ0v) is 18.6. The molecule has 0 atom stereocenters. The number of ether oxygens (including phenoxy) is 1. The third kappa shape index (κ3) is 5.44. The quantitative estimate of drug-likeness (QED) is 0.643. The Hall–Kier alpha value is -2.43. The Morgan fingerprint density at radius 1 is 1.26 bits per heavy atom. The number of carbonyl (C=O) groups is 2. The van der Waals surface area contributed by atoms with Gasteiger partial charge in [0.2, 0.25) is 15.9 Å². The van der Waals surface area contributed by atoms with Crippen molar-refractivity contribution in [3.63, 3.8) is 0 Å². The van der Waals surface area contributed by atoms with Crippen molar-refractivity contribution in [1.29, 1.82) is 0 Å². The van der Waals surface area contributed by atoms with Gasteiger partial charge >= 0.3 is 6.09 Å². The lowest BCUT2D eigenvalue weighted by Gasteiger charge is -2.43. The summed E-state index contributed by atoms with van der Waals surface area (Å²) in [5.41, 5.74) is 0.232. The van der Waals surface area contributed by atoms with Gasteiger partial charge in [-0.1, -0.05) is 24.8 Å². The summed E-state index contributed by atoms with van der Waals surface area (Å²) in [6.07, 6.45) is 2.46. The molecule has 0 unspecified atom stereocenters. The number of piperidine rings is 1. The van der Waals surface area contributed by atoms with Gasteiger partial charge in [-0.15, -0.1) is 0 Å². The van der Waals surface area contributed by atoms with Gasteiger partial charge in [0.1, 0.15) is 0 Å². The van der Waals surface area contributed by atoms with Gasteiger partial charge < -0.3 is 20.3 Å².